The van der Waals surface area contributed by atoms with Crippen LogP contribution in [0.5, 0.6) is 0 Å². The number of pyridine rings is 1. The van der Waals surface area contributed by atoms with Gasteiger partial charge in [-0.15, -0.1) is 0 Å². The average Bonchev–Trinajstić information content (AvgIpc) is 3.28. The van der Waals surface area contributed by atoms with Crippen LogP contribution in [0.25, 0.3) is 11.1 Å². The molecule has 2 heterocycles. The lowest BCUT2D eigenvalue weighted by molar-refractivity contribution is -0.199. The number of aromatic nitrogens is 1. The molecule has 0 spiro atoms. The zero-order valence-electron chi connectivity index (χ0n) is 24.6. The molecule has 1 aliphatic heterocycles. The number of amides is 1. The fraction of sp³-hybridized carbons (Fsp3) is 0.594. The molecule has 6 rings (SSSR count). The molecule has 2 N–H and O–H groups in total. The van der Waals surface area contributed by atoms with Crippen LogP contribution >= 0.6 is 0 Å². The third-order valence-corrected chi connectivity index (χ3v) is 9.88. The van der Waals surface area contributed by atoms with Gasteiger partial charge in [0.15, 0.2) is 5.78 Å². The highest BCUT2D eigenvalue weighted by molar-refractivity contribution is 6.47. The predicted octanol–water partition coefficient (Wildman–Crippen LogP) is 5.12. The van der Waals surface area contributed by atoms with E-state index in [1.165, 1.54) is 0 Å². The Morgan fingerprint density at radius 3 is 2.42 bits per heavy atom. The summed E-state index contributed by atoms with van der Waals surface area (Å²) in [5, 5.41) is 13.7. The Bertz CT molecular complexity index is 1220. The van der Waals surface area contributed by atoms with Gasteiger partial charge in [0.05, 0.1) is 29.7 Å². The standard InChI is InChI=1S/C32H43BN2O5/c1-19(2)14-29(33-39-28-16-24-15-27(31(24,4)5)32(28,6)40-33)35-30(38)25(20(3)36)17-26(37)22-11-9-21(10-12-22)23-8-7-13-34-18-23/h7-13,18-20,24-25,27-29,36H,14-17H2,1-6H3,(H,35,38)/t20-,24-,25+,27-,28-,29+,32+/m1/s1. The highest BCUT2D eigenvalue weighted by Gasteiger charge is 2.68. The van der Waals surface area contributed by atoms with Gasteiger partial charge < -0.3 is 19.7 Å². The lowest BCUT2D eigenvalue weighted by Gasteiger charge is -2.64. The number of hydrogen-bond acceptors (Lipinski definition) is 6. The van der Waals surface area contributed by atoms with Crippen LogP contribution in [0.2, 0.25) is 0 Å². The smallest absolute Gasteiger partial charge is 0.404 e. The summed E-state index contributed by atoms with van der Waals surface area (Å²) in [6.45, 7) is 12.6. The number of nitrogens with one attached hydrogen (secondary N) is 1. The number of aliphatic hydroxyl groups excluding tert-OH is 1. The Kier molecular flexibility index (Phi) is 7.99. The van der Waals surface area contributed by atoms with E-state index in [1.807, 2.05) is 24.3 Å². The first kappa shape index (κ1) is 29.0. The highest BCUT2D eigenvalue weighted by atomic mass is 16.7. The SMILES string of the molecule is CC(C)C[C@H](NC(=O)[C@@H](CC(=O)c1ccc(-c2cccnc2)cc1)[C@@H](C)O)B1O[C@@H]2C[C@H]3C[C@H](C3(C)C)[C@]2(C)O1. The maximum absolute atomic E-state index is 13.6. The zero-order chi connectivity index (χ0) is 28.8. The van der Waals surface area contributed by atoms with Gasteiger partial charge in [0.25, 0.3) is 0 Å². The lowest BCUT2D eigenvalue weighted by Crippen LogP contribution is -2.65. The van der Waals surface area contributed by atoms with Crippen LogP contribution in [0.1, 0.15) is 77.6 Å². The average molecular weight is 547 g/mol. The number of carbonyl (C=O) groups is 2. The van der Waals surface area contributed by atoms with Gasteiger partial charge in [-0.05, 0) is 73.5 Å². The van der Waals surface area contributed by atoms with E-state index in [1.54, 1.807) is 31.5 Å². The van der Waals surface area contributed by atoms with Gasteiger partial charge in [-0.2, -0.15) is 0 Å². The fourth-order valence-electron chi connectivity index (χ4n) is 7.29. The van der Waals surface area contributed by atoms with E-state index in [2.05, 4.69) is 44.9 Å². The monoisotopic (exact) mass is 546 g/mol. The largest absolute Gasteiger partial charge is 0.481 e. The second-order valence-electron chi connectivity index (χ2n) is 13.4. The second kappa shape index (κ2) is 11.0. The molecule has 2 aromatic rings. The normalized spacial score (nSPS) is 28.8. The molecule has 8 heteroatoms. The number of Topliss-reactive ketones (excluding diaryl/α,β-unsaturated/α-hetero) is 1. The number of ketones is 1. The first-order valence-electron chi connectivity index (χ1n) is 14.8. The van der Waals surface area contributed by atoms with Crippen LogP contribution < -0.4 is 5.32 Å². The summed E-state index contributed by atoms with van der Waals surface area (Å²) in [4.78, 5) is 30.9. The number of hydrogen-bond donors (Lipinski definition) is 2. The molecule has 3 aliphatic carbocycles. The van der Waals surface area contributed by atoms with Crippen molar-refractivity contribution in [2.45, 2.75) is 91.0 Å². The summed E-state index contributed by atoms with van der Waals surface area (Å²) in [7, 11) is -0.554. The van der Waals surface area contributed by atoms with Crippen LogP contribution in [0.15, 0.2) is 48.8 Å². The Morgan fingerprint density at radius 2 is 1.82 bits per heavy atom. The first-order chi connectivity index (χ1) is 18.9. The predicted molar refractivity (Wildman–Crippen MR) is 155 cm³/mol. The van der Waals surface area contributed by atoms with E-state index in [0.29, 0.717) is 29.7 Å². The third-order valence-electron chi connectivity index (χ3n) is 9.88. The number of nitrogens with zero attached hydrogens (tertiary/aromatic N) is 1. The van der Waals surface area contributed by atoms with Crippen LogP contribution in [-0.4, -0.2) is 52.6 Å². The van der Waals surface area contributed by atoms with Crippen LogP contribution in [0, 0.1) is 29.1 Å². The van der Waals surface area contributed by atoms with Gasteiger partial charge in [0, 0.05) is 24.4 Å². The van der Waals surface area contributed by atoms with Crippen molar-refractivity contribution in [2.75, 3.05) is 0 Å². The van der Waals surface area contributed by atoms with E-state index in [0.717, 1.165) is 24.0 Å². The molecule has 1 saturated heterocycles. The van der Waals surface area contributed by atoms with E-state index in [4.69, 9.17) is 9.31 Å². The third kappa shape index (κ3) is 5.38. The maximum Gasteiger partial charge on any atom is 0.481 e. The lowest BCUT2D eigenvalue weighted by atomic mass is 9.43. The van der Waals surface area contributed by atoms with Gasteiger partial charge in [0.1, 0.15) is 0 Å². The van der Waals surface area contributed by atoms with Crippen molar-refractivity contribution in [3.8, 4) is 11.1 Å². The van der Waals surface area contributed by atoms with Crippen molar-refractivity contribution in [1.29, 1.82) is 0 Å². The summed E-state index contributed by atoms with van der Waals surface area (Å²) < 4.78 is 13.2. The zero-order valence-corrected chi connectivity index (χ0v) is 24.6. The molecule has 0 radical (unpaired) electrons. The quantitative estimate of drug-likeness (QED) is 0.317. The van der Waals surface area contributed by atoms with Crippen LogP contribution in [0.3, 0.4) is 0 Å². The summed E-state index contributed by atoms with van der Waals surface area (Å²) in [6.07, 6.45) is 5.24. The molecular weight excluding hydrogens is 503 g/mol. The number of benzene rings is 1. The maximum atomic E-state index is 13.6. The van der Waals surface area contributed by atoms with Crippen molar-refractivity contribution in [3.63, 3.8) is 0 Å². The van der Waals surface area contributed by atoms with Crippen LogP contribution in [0.4, 0.5) is 0 Å². The summed E-state index contributed by atoms with van der Waals surface area (Å²) in [5.74, 6) is -0.429. The molecule has 0 unspecified atom stereocenters. The van der Waals surface area contributed by atoms with E-state index >= 15 is 0 Å². The Hall–Kier alpha value is -2.55. The molecule has 214 valence electrons. The van der Waals surface area contributed by atoms with Gasteiger partial charge in [-0.1, -0.05) is 58.0 Å². The summed E-state index contributed by atoms with van der Waals surface area (Å²) in [5.41, 5.74) is 2.28. The Morgan fingerprint density at radius 1 is 1.10 bits per heavy atom. The van der Waals surface area contributed by atoms with Gasteiger partial charge >= 0.3 is 7.12 Å². The minimum absolute atomic E-state index is 0.0182. The van der Waals surface area contributed by atoms with Gasteiger partial charge in [-0.3, -0.25) is 14.6 Å². The topological polar surface area (TPSA) is 97.8 Å². The van der Waals surface area contributed by atoms with Crippen molar-refractivity contribution in [1.82, 2.24) is 10.3 Å². The Balaban J connectivity index is 1.27. The molecule has 7 nitrogen and oxygen atoms in total. The van der Waals surface area contributed by atoms with Crippen molar-refractivity contribution in [2.24, 2.45) is 29.1 Å². The summed E-state index contributed by atoms with van der Waals surface area (Å²) in [6, 6.07) is 11.1. The number of aliphatic hydroxyl groups is 1. The van der Waals surface area contributed by atoms with Crippen molar-refractivity contribution < 1.29 is 24.0 Å². The molecule has 40 heavy (non-hydrogen) atoms. The van der Waals surface area contributed by atoms with Gasteiger partial charge in [-0.25, -0.2) is 0 Å². The summed E-state index contributed by atoms with van der Waals surface area (Å²) >= 11 is 0. The second-order valence-corrected chi connectivity index (χ2v) is 13.4. The first-order valence-corrected chi connectivity index (χ1v) is 14.8. The molecule has 1 aromatic heterocycles. The molecule has 1 aromatic carbocycles. The highest BCUT2D eigenvalue weighted by Crippen LogP contribution is 2.65. The van der Waals surface area contributed by atoms with Crippen molar-refractivity contribution in [3.05, 3.63) is 54.4 Å². The molecule has 1 amide bonds. The fourth-order valence-corrected chi connectivity index (χ4v) is 7.29. The molecule has 4 fully saturated rings. The van der Waals surface area contributed by atoms with Crippen LogP contribution in [-0.2, 0) is 14.1 Å². The van der Waals surface area contributed by atoms with E-state index in [9.17, 15) is 14.7 Å². The van der Waals surface area contributed by atoms with E-state index < -0.39 is 19.1 Å². The Labute approximate surface area is 238 Å². The molecular formula is C32H43BN2O5. The van der Waals surface area contributed by atoms with E-state index in [-0.39, 0.29) is 41.2 Å². The molecule has 4 aliphatic rings. The minimum atomic E-state index is -0.989. The molecule has 7 atom stereocenters. The molecule has 3 saturated carbocycles. The number of rotatable bonds is 10. The van der Waals surface area contributed by atoms with Gasteiger partial charge in [0.2, 0.25) is 5.91 Å². The molecule has 2 bridgehead atoms. The number of carbonyl (C=O) groups excluding carboxylic acids is 2. The minimum Gasteiger partial charge on any atom is -0.404 e. The van der Waals surface area contributed by atoms with Crippen molar-refractivity contribution >= 4 is 18.8 Å².